The standard InChI is InChI=1S/C13H19N.C8H8O3/c1-11-2-4-12(5-3-11)10-13-6-8-14-9-7-13;1-9-6-2-3-7-8(4-6)11-5-10-7/h2-5,13-14H,6-10H2,1H3;2-4H,5H2,1H3. The molecule has 0 amide bonds. The fourth-order valence-corrected chi connectivity index (χ4v) is 3.15. The van der Waals surface area contributed by atoms with Crippen LogP contribution in [0.1, 0.15) is 24.0 Å². The van der Waals surface area contributed by atoms with E-state index < -0.39 is 0 Å². The van der Waals surface area contributed by atoms with Crippen LogP contribution in [0.5, 0.6) is 17.2 Å². The first-order chi connectivity index (χ1) is 12.2. The Labute approximate surface area is 150 Å². The van der Waals surface area contributed by atoms with Crippen LogP contribution in [0, 0.1) is 12.8 Å². The summed E-state index contributed by atoms with van der Waals surface area (Å²) < 4.78 is 15.3. The maximum Gasteiger partial charge on any atom is 0.231 e. The summed E-state index contributed by atoms with van der Waals surface area (Å²) in [5, 5.41) is 3.41. The molecule has 2 heterocycles. The molecule has 2 aliphatic heterocycles. The predicted octanol–water partition coefficient (Wildman–Crippen LogP) is 3.96. The van der Waals surface area contributed by atoms with Gasteiger partial charge in [-0.05, 0) is 62.9 Å². The highest BCUT2D eigenvalue weighted by Gasteiger charge is 2.13. The van der Waals surface area contributed by atoms with Crippen molar-refractivity contribution < 1.29 is 14.2 Å². The van der Waals surface area contributed by atoms with E-state index in [1.54, 1.807) is 7.11 Å². The lowest BCUT2D eigenvalue weighted by Gasteiger charge is -2.22. The van der Waals surface area contributed by atoms with Crippen LogP contribution < -0.4 is 19.5 Å². The smallest absolute Gasteiger partial charge is 0.231 e. The van der Waals surface area contributed by atoms with Crippen LogP contribution in [-0.4, -0.2) is 27.0 Å². The number of ether oxygens (including phenoxy) is 3. The average molecular weight is 341 g/mol. The molecule has 2 aromatic carbocycles. The van der Waals surface area contributed by atoms with Crippen molar-refractivity contribution in [1.29, 1.82) is 0 Å². The van der Waals surface area contributed by atoms with Gasteiger partial charge < -0.3 is 19.5 Å². The van der Waals surface area contributed by atoms with E-state index in [9.17, 15) is 0 Å². The number of methoxy groups -OCH3 is 1. The van der Waals surface area contributed by atoms with Crippen LogP contribution in [0.15, 0.2) is 42.5 Å². The average Bonchev–Trinajstić information content (AvgIpc) is 3.13. The maximum atomic E-state index is 5.14. The van der Waals surface area contributed by atoms with Crippen molar-refractivity contribution in [2.24, 2.45) is 5.92 Å². The number of fused-ring (bicyclic) bond motifs is 1. The van der Waals surface area contributed by atoms with Gasteiger partial charge >= 0.3 is 0 Å². The number of rotatable bonds is 3. The zero-order valence-corrected chi connectivity index (χ0v) is 15.1. The van der Waals surface area contributed by atoms with E-state index in [2.05, 4.69) is 36.5 Å². The zero-order chi connectivity index (χ0) is 17.5. The van der Waals surface area contributed by atoms with Crippen molar-refractivity contribution in [3.63, 3.8) is 0 Å². The molecular formula is C21H27NO3. The van der Waals surface area contributed by atoms with Gasteiger partial charge in [0, 0.05) is 6.07 Å². The molecule has 134 valence electrons. The molecule has 0 aromatic heterocycles. The Kier molecular flexibility index (Phi) is 6.18. The lowest BCUT2D eigenvalue weighted by Crippen LogP contribution is -2.28. The van der Waals surface area contributed by atoms with E-state index in [4.69, 9.17) is 14.2 Å². The van der Waals surface area contributed by atoms with Gasteiger partial charge in [0.2, 0.25) is 6.79 Å². The van der Waals surface area contributed by atoms with E-state index in [1.165, 1.54) is 43.5 Å². The quantitative estimate of drug-likeness (QED) is 0.917. The molecule has 0 spiro atoms. The number of nitrogens with one attached hydrogen (secondary N) is 1. The molecule has 4 nitrogen and oxygen atoms in total. The summed E-state index contributed by atoms with van der Waals surface area (Å²) in [6.45, 7) is 4.86. The molecule has 2 aromatic rings. The summed E-state index contributed by atoms with van der Waals surface area (Å²) in [6.07, 6.45) is 3.95. The summed E-state index contributed by atoms with van der Waals surface area (Å²) >= 11 is 0. The van der Waals surface area contributed by atoms with Gasteiger partial charge in [-0.25, -0.2) is 0 Å². The Morgan fingerprint density at radius 1 is 1.00 bits per heavy atom. The first-order valence-corrected chi connectivity index (χ1v) is 8.94. The highest BCUT2D eigenvalue weighted by atomic mass is 16.7. The molecule has 0 aliphatic carbocycles. The van der Waals surface area contributed by atoms with Crippen LogP contribution >= 0.6 is 0 Å². The minimum Gasteiger partial charge on any atom is -0.497 e. The second-order valence-electron chi connectivity index (χ2n) is 6.60. The lowest BCUT2D eigenvalue weighted by atomic mass is 9.91. The Balaban J connectivity index is 0.000000150. The minimum absolute atomic E-state index is 0.308. The van der Waals surface area contributed by atoms with E-state index in [1.807, 2.05) is 18.2 Å². The second kappa shape index (κ2) is 8.77. The number of benzene rings is 2. The van der Waals surface area contributed by atoms with Crippen molar-refractivity contribution in [2.75, 3.05) is 27.0 Å². The second-order valence-corrected chi connectivity index (χ2v) is 6.60. The van der Waals surface area contributed by atoms with Crippen LogP contribution in [0.3, 0.4) is 0 Å². The van der Waals surface area contributed by atoms with Gasteiger partial charge in [-0.2, -0.15) is 0 Å². The van der Waals surface area contributed by atoms with Gasteiger partial charge in [0.05, 0.1) is 7.11 Å². The number of hydrogen-bond donors (Lipinski definition) is 1. The molecule has 0 saturated carbocycles. The monoisotopic (exact) mass is 341 g/mol. The molecule has 4 rings (SSSR count). The van der Waals surface area contributed by atoms with Gasteiger partial charge in [0.1, 0.15) is 5.75 Å². The van der Waals surface area contributed by atoms with Crippen LogP contribution in [0.25, 0.3) is 0 Å². The minimum atomic E-state index is 0.308. The topological polar surface area (TPSA) is 39.7 Å². The third-order valence-electron chi connectivity index (χ3n) is 4.68. The third kappa shape index (κ3) is 5.13. The zero-order valence-electron chi connectivity index (χ0n) is 15.1. The molecule has 1 fully saturated rings. The number of aryl methyl sites for hydroxylation is 1. The molecule has 1 N–H and O–H groups in total. The summed E-state index contributed by atoms with van der Waals surface area (Å²) in [5.74, 6) is 3.23. The van der Waals surface area contributed by atoms with Gasteiger partial charge in [0.15, 0.2) is 11.5 Å². The summed E-state index contributed by atoms with van der Waals surface area (Å²) in [5.41, 5.74) is 2.86. The molecule has 0 unspecified atom stereocenters. The molecule has 2 aliphatic rings. The largest absolute Gasteiger partial charge is 0.497 e. The lowest BCUT2D eigenvalue weighted by molar-refractivity contribution is 0.174. The number of hydrogen-bond acceptors (Lipinski definition) is 4. The van der Waals surface area contributed by atoms with E-state index in [0.29, 0.717) is 6.79 Å². The molecular weight excluding hydrogens is 314 g/mol. The van der Waals surface area contributed by atoms with Crippen LogP contribution in [0.4, 0.5) is 0 Å². The summed E-state index contributed by atoms with van der Waals surface area (Å²) in [4.78, 5) is 0. The predicted molar refractivity (Wildman–Crippen MR) is 99.6 cm³/mol. The van der Waals surface area contributed by atoms with Crippen molar-refractivity contribution in [3.8, 4) is 17.2 Å². The molecule has 0 atom stereocenters. The third-order valence-corrected chi connectivity index (χ3v) is 4.68. The van der Waals surface area contributed by atoms with Crippen molar-refractivity contribution in [3.05, 3.63) is 53.6 Å². The molecule has 4 heteroatoms. The molecule has 1 saturated heterocycles. The Morgan fingerprint density at radius 3 is 2.44 bits per heavy atom. The summed E-state index contributed by atoms with van der Waals surface area (Å²) in [6, 6.07) is 14.5. The summed E-state index contributed by atoms with van der Waals surface area (Å²) in [7, 11) is 1.62. The van der Waals surface area contributed by atoms with Gasteiger partial charge in [-0.1, -0.05) is 29.8 Å². The Morgan fingerprint density at radius 2 is 1.72 bits per heavy atom. The normalized spacial score (nSPS) is 16.1. The highest BCUT2D eigenvalue weighted by molar-refractivity contribution is 5.46. The fourth-order valence-electron chi connectivity index (χ4n) is 3.15. The van der Waals surface area contributed by atoms with Crippen molar-refractivity contribution in [2.45, 2.75) is 26.2 Å². The van der Waals surface area contributed by atoms with Crippen molar-refractivity contribution >= 4 is 0 Å². The van der Waals surface area contributed by atoms with Crippen LogP contribution in [0.2, 0.25) is 0 Å². The highest BCUT2D eigenvalue weighted by Crippen LogP contribution is 2.34. The van der Waals surface area contributed by atoms with E-state index in [0.717, 1.165) is 23.2 Å². The van der Waals surface area contributed by atoms with Gasteiger partial charge in [0.25, 0.3) is 0 Å². The molecule has 0 bridgehead atoms. The van der Waals surface area contributed by atoms with E-state index in [-0.39, 0.29) is 0 Å². The number of piperidine rings is 1. The Bertz CT molecular complexity index is 663. The van der Waals surface area contributed by atoms with Gasteiger partial charge in [-0.15, -0.1) is 0 Å². The first-order valence-electron chi connectivity index (χ1n) is 8.94. The Hall–Kier alpha value is -2.20. The van der Waals surface area contributed by atoms with E-state index >= 15 is 0 Å². The molecule has 25 heavy (non-hydrogen) atoms. The maximum absolute atomic E-state index is 5.14. The SMILES string of the molecule is COc1ccc2c(c1)OCO2.Cc1ccc(CC2CCNCC2)cc1. The fraction of sp³-hybridized carbons (Fsp3) is 0.429. The van der Waals surface area contributed by atoms with Crippen molar-refractivity contribution in [1.82, 2.24) is 5.32 Å². The van der Waals surface area contributed by atoms with Crippen LogP contribution in [-0.2, 0) is 6.42 Å². The first kappa shape index (κ1) is 17.6. The molecule has 0 radical (unpaired) electrons. The van der Waals surface area contributed by atoms with Gasteiger partial charge in [-0.3, -0.25) is 0 Å².